The normalized spacial score (nSPS) is 12.8. The predicted molar refractivity (Wildman–Crippen MR) is 81.1 cm³/mol. The van der Waals surface area contributed by atoms with Gasteiger partial charge in [-0.05, 0) is 25.5 Å². The first-order chi connectivity index (χ1) is 10.4. The van der Waals surface area contributed by atoms with Gasteiger partial charge < -0.3 is 21.1 Å². The highest BCUT2D eigenvalue weighted by atomic mass is 16.6. The first-order valence-electron chi connectivity index (χ1n) is 7.04. The summed E-state index contributed by atoms with van der Waals surface area (Å²) in [5, 5.41) is 5.04. The van der Waals surface area contributed by atoms with Crippen LogP contribution in [0.4, 0.5) is 4.79 Å². The van der Waals surface area contributed by atoms with Gasteiger partial charge in [-0.25, -0.2) is 4.79 Å². The Labute approximate surface area is 129 Å². The van der Waals surface area contributed by atoms with Gasteiger partial charge in [-0.15, -0.1) is 0 Å². The van der Waals surface area contributed by atoms with E-state index < -0.39 is 23.9 Å². The Bertz CT molecular complexity index is 519. The van der Waals surface area contributed by atoms with E-state index in [9.17, 15) is 14.4 Å². The number of rotatable bonds is 7. The minimum absolute atomic E-state index is 0.0742. The molecule has 1 aromatic carbocycles. The van der Waals surface area contributed by atoms with Crippen molar-refractivity contribution in [2.45, 2.75) is 38.8 Å². The second-order valence-corrected chi connectivity index (χ2v) is 4.89. The Kier molecular flexibility index (Phi) is 6.88. The van der Waals surface area contributed by atoms with Crippen LogP contribution in [0.3, 0.4) is 0 Å². The first-order valence-corrected chi connectivity index (χ1v) is 7.04. The standard InChI is InChI=1S/C15H21N3O4/c1-3-10(2)17-14(20)12(9-13(16)19)18-15(21)22-11-7-5-4-6-8-11/h4-8,10,12H,3,9H2,1-2H3,(H2,16,19)(H,17,20)(H,18,21)/t10-,12-/m1/s1. The van der Waals surface area contributed by atoms with Crippen LogP contribution in [0.2, 0.25) is 0 Å². The fourth-order valence-corrected chi connectivity index (χ4v) is 1.62. The molecule has 0 saturated heterocycles. The van der Waals surface area contributed by atoms with Gasteiger partial charge in [0.15, 0.2) is 0 Å². The van der Waals surface area contributed by atoms with Crippen LogP contribution in [0.15, 0.2) is 30.3 Å². The van der Waals surface area contributed by atoms with E-state index in [0.29, 0.717) is 5.75 Å². The van der Waals surface area contributed by atoms with Crippen LogP contribution in [-0.2, 0) is 9.59 Å². The molecule has 0 bridgehead atoms. The van der Waals surface area contributed by atoms with Gasteiger partial charge in [0, 0.05) is 6.04 Å². The van der Waals surface area contributed by atoms with Crippen LogP contribution >= 0.6 is 0 Å². The molecule has 7 heteroatoms. The van der Waals surface area contributed by atoms with Gasteiger partial charge in [0.2, 0.25) is 11.8 Å². The molecule has 7 nitrogen and oxygen atoms in total. The molecule has 0 aliphatic carbocycles. The zero-order chi connectivity index (χ0) is 16.5. The van der Waals surface area contributed by atoms with E-state index in [1.54, 1.807) is 30.3 Å². The number of hydrogen-bond donors (Lipinski definition) is 3. The molecule has 0 fully saturated rings. The molecule has 0 aliphatic rings. The fraction of sp³-hybridized carbons (Fsp3) is 0.400. The Balaban J connectivity index is 2.65. The Morgan fingerprint density at radius 2 is 1.82 bits per heavy atom. The van der Waals surface area contributed by atoms with Crippen molar-refractivity contribution in [1.29, 1.82) is 0 Å². The molecule has 120 valence electrons. The number of nitrogens with two attached hydrogens (primary N) is 1. The topological polar surface area (TPSA) is 111 Å². The summed E-state index contributed by atoms with van der Waals surface area (Å²) in [4.78, 5) is 34.9. The second kappa shape index (κ2) is 8.66. The molecule has 0 heterocycles. The predicted octanol–water partition coefficient (Wildman–Crippen LogP) is 0.934. The summed E-state index contributed by atoms with van der Waals surface area (Å²) in [6.07, 6.45) is -0.396. The van der Waals surface area contributed by atoms with Gasteiger partial charge >= 0.3 is 6.09 Å². The Morgan fingerprint density at radius 3 is 2.36 bits per heavy atom. The zero-order valence-electron chi connectivity index (χ0n) is 12.7. The molecule has 22 heavy (non-hydrogen) atoms. The van der Waals surface area contributed by atoms with Gasteiger partial charge in [-0.1, -0.05) is 25.1 Å². The highest BCUT2D eigenvalue weighted by molar-refractivity contribution is 5.90. The molecule has 1 rings (SSSR count). The van der Waals surface area contributed by atoms with Gasteiger partial charge in [0.25, 0.3) is 0 Å². The van der Waals surface area contributed by atoms with Crippen molar-refractivity contribution >= 4 is 17.9 Å². The SMILES string of the molecule is CC[C@@H](C)NC(=O)[C@@H](CC(N)=O)NC(=O)Oc1ccccc1. The van der Waals surface area contributed by atoms with Crippen molar-refractivity contribution in [3.8, 4) is 5.75 Å². The number of benzene rings is 1. The van der Waals surface area contributed by atoms with Crippen molar-refractivity contribution in [3.05, 3.63) is 30.3 Å². The molecule has 0 spiro atoms. The lowest BCUT2D eigenvalue weighted by Crippen LogP contribution is -2.51. The fourth-order valence-electron chi connectivity index (χ4n) is 1.62. The smallest absolute Gasteiger partial charge is 0.410 e. The number of para-hydroxylation sites is 1. The van der Waals surface area contributed by atoms with E-state index in [4.69, 9.17) is 10.5 Å². The van der Waals surface area contributed by atoms with Gasteiger partial charge in [0.1, 0.15) is 11.8 Å². The van der Waals surface area contributed by atoms with Crippen molar-refractivity contribution in [2.24, 2.45) is 5.73 Å². The third-order valence-electron chi connectivity index (χ3n) is 2.97. The van der Waals surface area contributed by atoms with Gasteiger partial charge in [-0.3, -0.25) is 9.59 Å². The average molecular weight is 307 g/mol. The maximum Gasteiger partial charge on any atom is 0.413 e. The summed E-state index contributed by atoms with van der Waals surface area (Å²) in [5.41, 5.74) is 5.11. The van der Waals surface area contributed by atoms with Crippen molar-refractivity contribution < 1.29 is 19.1 Å². The highest BCUT2D eigenvalue weighted by Gasteiger charge is 2.24. The summed E-state index contributed by atoms with van der Waals surface area (Å²) < 4.78 is 5.03. The molecule has 0 aliphatic heterocycles. The molecular weight excluding hydrogens is 286 g/mol. The molecule has 0 aromatic heterocycles. The van der Waals surface area contributed by atoms with Crippen LogP contribution < -0.4 is 21.1 Å². The maximum absolute atomic E-state index is 12.0. The quantitative estimate of drug-likeness (QED) is 0.696. The highest BCUT2D eigenvalue weighted by Crippen LogP contribution is 2.08. The molecule has 0 radical (unpaired) electrons. The van der Waals surface area contributed by atoms with Crippen LogP contribution in [0.25, 0.3) is 0 Å². The number of nitrogens with one attached hydrogen (secondary N) is 2. The number of ether oxygens (including phenoxy) is 1. The first kappa shape index (κ1) is 17.5. The molecule has 3 amide bonds. The van der Waals surface area contributed by atoms with Gasteiger partial charge in [-0.2, -0.15) is 0 Å². The van der Waals surface area contributed by atoms with Crippen LogP contribution in [0.1, 0.15) is 26.7 Å². The average Bonchev–Trinajstić information content (AvgIpc) is 2.46. The van der Waals surface area contributed by atoms with E-state index in [0.717, 1.165) is 6.42 Å². The van der Waals surface area contributed by atoms with Crippen molar-refractivity contribution in [1.82, 2.24) is 10.6 Å². The van der Waals surface area contributed by atoms with Crippen LogP contribution in [0, 0.1) is 0 Å². The largest absolute Gasteiger partial charge is 0.413 e. The van der Waals surface area contributed by atoms with Gasteiger partial charge in [0.05, 0.1) is 6.42 Å². The third kappa shape index (κ3) is 6.25. The summed E-state index contributed by atoms with van der Waals surface area (Å²) >= 11 is 0. The van der Waals surface area contributed by atoms with Crippen LogP contribution in [-0.4, -0.2) is 30.0 Å². The number of carbonyl (C=O) groups excluding carboxylic acids is 3. The van der Waals surface area contributed by atoms with Crippen molar-refractivity contribution in [2.75, 3.05) is 0 Å². The molecule has 0 unspecified atom stereocenters. The van der Waals surface area contributed by atoms with E-state index in [2.05, 4.69) is 10.6 Å². The minimum atomic E-state index is -1.07. The lowest BCUT2D eigenvalue weighted by atomic mass is 10.1. The minimum Gasteiger partial charge on any atom is -0.410 e. The van der Waals surface area contributed by atoms with E-state index in [-0.39, 0.29) is 12.5 Å². The Morgan fingerprint density at radius 1 is 1.18 bits per heavy atom. The molecule has 2 atom stereocenters. The number of amides is 3. The lowest BCUT2D eigenvalue weighted by molar-refractivity contribution is -0.127. The summed E-state index contributed by atoms with van der Waals surface area (Å²) in [6, 6.07) is 7.25. The third-order valence-corrected chi connectivity index (χ3v) is 2.97. The van der Waals surface area contributed by atoms with Crippen LogP contribution in [0.5, 0.6) is 5.75 Å². The molecule has 0 saturated carbocycles. The summed E-state index contributed by atoms with van der Waals surface area (Å²) in [7, 11) is 0. The van der Waals surface area contributed by atoms with E-state index >= 15 is 0 Å². The molecular formula is C15H21N3O4. The zero-order valence-corrected chi connectivity index (χ0v) is 12.7. The number of primary amides is 1. The number of carbonyl (C=O) groups is 3. The second-order valence-electron chi connectivity index (χ2n) is 4.89. The van der Waals surface area contributed by atoms with E-state index in [1.807, 2.05) is 13.8 Å². The summed E-state index contributed by atoms with van der Waals surface area (Å²) in [6.45, 7) is 3.73. The Hall–Kier alpha value is -2.57. The lowest BCUT2D eigenvalue weighted by Gasteiger charge is -2.19. The molecule has 1 aromatic rings. The van der Waals surface area contributed by atoms with E-state index in [1.165, 1.54) is 0 Å². The van der Waals surface area contributed by atoms with Crippen molar-refractivity contribution in [3.63, 3.8) is 0 Å². The summed E-state index contributed by atoms with van der Waals surface area (Å²) in [5.74, 6) is -0.831. The molecule has 4 N–H and O–H groups in total. The maximum atomic E-state index is 12.0. The number of hydrogen-bond acceptors (Lipinski definition) is 4. The monoisotopic (exact) mass is 307 g/mol.